The van der Waals surface area contributed by atoms with Gasteiger partial charge in [0.25, 0.3) is 11.5 Å². The summed E-state index contributed by atoms with van der Waals surface area (Å²) in [6.07, 6.45) is 0.890. The molecule has 1 aromatic rings. The van der Waals surface area contributed by atoms with Crippen LogP contribution >= 0.6 is 0 Å². The van der Waals surface area contributed by atoms with Crippen molar-refractivity contribution < 1.29 is 48.3 Å². The molecular weight excluding hydrogens is 670 g/mol. The highest BCUT2D eigenvalue weighted by Gasteiger charge is 2.53. The van der Waals surface area contributed by atoms with Crippen molar-refractivity contribution in [3.63, 3.8) is 0 Å². The molecule has 3 aliphatic heterocycles. The number of unbranched alkanes of at least 4 members (excludes halogenated alkanes) is 7. The summed E-state index contributed by atoms with van der Waals surface area (Å²) in [6.45, 7) is 4.30. The lowest BCUT2D eigenvalue weighted by atomic mass is 10.0. The third-order valence-electron chi connectivity index (χ3n) is 9.35. The molecule has 7 N–H and O–H groups in total. The molecule has 51 heavy (non-hydrogen) atoms. The van der Waals surface area contributed by atoms with Crippen molar-refractivity contribution in [2.24, 2.45) is 5.73 Å². The lowest BCUT2D eigenvalue weighted by molar-refractivity contribution is -0.241. The van der Waals surface area contributed by atoms with Gasteiger partial charge in [-0.15, -0.1) is 0 Å². The molecule has 17 heteroatoms. The van der Waals surface area contributed by atoms with Crippen LogP contribution in [0.1, 0.15) is 90.7 Å². The van der Waals surface area contributed by atoms with Crippen LogP contribution < -0.4 is 27.6 Å². The molecule has 2 fully saturated rings. The van der Waals surface area contributed by atoms with Crippen molar-refractivity contribution in [2.75, 3.05) is 13.7 Å². The number of rotatable bonds is 18. The van der Waals surface area contributed by atoms with Gasteiger partial charge in [-0.25, -0.2) is 4.79 Å². The Hall–Kier alpha value is -3.61. The molecular formula is C34H53N5O12. The zero-order chi connectivity index (χ0) is 37.1. The van der Waals surface area contributed by atoms with Gasteiger partial charge in [-0.3, -0.25) is 28.7 Å². The average Bonchev–Trinajstić information content (AvgIpc) is 3.35. The molecule has 286 valence electrons. The number of carbonyl (C=O) groups excluding carboxylic acids is 3. The third-order valence-corrected chi connectivity index (χ3v) is 9.35. The minimum atomic E-state index is -1.81. The number of hydrogen-bond acceptors (Lipinski definition) is 12. The van der Waals surface area contributed by atoms with E-state index >= 15 is 0 Å². The first-order valence-electron chi connectivity index (χ1n) is 17.9. The number of hydrogen-bond donors (Lipinski definition) is 6. The first-order valence-corrected chi connectivity index (χ1v) is 17.9. The van der Waals surface area contributed by atoms with Gasteiger partial charge >= 0.3 is 5.69 Å². The number of nitrogens with zero attached hydrogens (tertiary/aromatic N) is 1. The fourth-order valence-electron chi connectivity index (χ4n) is 6.54. The summed E-state index contributed by atoms with van der Waals surface area (Å²) in [5.74, 6) is -2.75. The lowest BCUT2D eigenvalue weighted by Gasteiger charge is -2.35. The molecule has 0 aromatic carbocycles. The highest BCUT2D eigenvalue weighted by molar-refractivity contribution is 5.95. The Balaban J connectivity index is 1.49. The van der Waals surface area contributed by atoms with Gasteiger partial charge < -0.3 is 50.3 Å². The molecule has 3 aliphatic rings. The summed E-state index contributed by atoms with van der Waals surface area (Å²) < 4.78 is 30.7. The van der Waals surface area contributed by atoms with E-state index in [1.165, 1.54) is 39.0 Å². The number of aromatic nitrogens is 2. The lowest BCUT2D eigenvalue weighted by Crippen LogP contribution is -2.54. The van der Waals surface area contributed by atoms with Crippen LogP contribution in [0, 0.1) is 0 Å². The predicted molar refractivity (Wildman–Crippen MR) is 181 cm³/mol. The van der Waals surface area contributed by atoms with Crippen LogP contribution in [0.4, 0.5) is 0 Å². The van der Waals surface area contributed by atoms with E-state index in [4.69, 9.17) is 29.4 Å². The van der Waals surface area contributed by atoms with E-state index in [1.54, 1.807) is 0 Å². The van der Waals surface area contributed by atoms with E-state index in [1.807, 2.05) is 6.92 Å². The van der Waals surface area contributed by atoms with Crippen molar-refractivity contribution in [3.8, 4) is 0 Å². The monoisotopic (exact) mass is 723 g/mol. The topological polar surface area (TPSA) is 243 Å². The zero-order valence-electron chi connectivity index (χ0n) is 29.5. The van der Waals surface area contributed by atoms with Gasteiger partial charge in [0.05, 0.1) is 0 Å². The smallest absolute Gasteiger partial charge is 0.330 e. The number of nitrogens with one attached hydrogen (secondary N) is 3. The number of carbonyl (C=O) groups is 3. The Bertz CT molecular complexity index is 1470. The minimum Gasteiger partial charge on any atom is -0.456 e. The molecule has 10 atom stereocenters. The van der Waals surface area contributed by atoms with Crippen molar-refractivity contribution >= 4 is 17.7 Å². The van der Waals surface area contributed by atoms with Crippen molar-refractivity contribution in [1.29, 1.82) is 0 Å². The average molecular weight is 724 g/mol. The van der Waals surface area contributed by atoms with Gasteiger partial charge in [0.15, 0.2) is 18.1 Å². The van der Waals surface area contributed by atoms with Crippen molar-refractivity contribution in [2.45, 2.75) is 146 Å². The minimum absolute atomic E-state index is 0.0590. The Morgan fingerprint density at radius 3 is 2.45 bits per heavy atom. The second kappa shape index (κ2) is 19.3. The first-order chi connectivity index (χ1) is 24.4. The summed E-state index contributed by atoms with van der Waals surface area (Å²) in [6, 6.07) is 0.207. The third kappa shape index (κ3) is 10.7. The number of methoxy groups -OCH3 is 1. The summed E-state index contributed by atoms with van der Waals surface area (Å²) in [5.41, 5.74) is 4.34. The Morgan fingerprint density at radius 1 is 1.08 bits per heavy atom. The summed E-state index contributed by atoms with van der Waals surface area (Å²) >= 11 is 0. The van der Waals surface area contributed by atoms with Crippen LogP contribution in [0.15, 0.2) is 33.7 Å². The van der Waals surface area contributed by atoms with Crippen LogP contribution in [-0.4, -0.2) is 106 Å². The Morgan fingerprint density at radius 2 is 1.78 bits per heavy atom. The molecule has 0 bridgehead atoms. The number of H-pyrrole nitrogens is 1. The van der Waals surface area contributed by atoms with Gasteiger partial charge in [-0.05, 0) is 38.7 Å². The summed E-state index contributed by atoms with van der Waals surface area (Å²) in [5, 5.41) is 26.8. The van der Waals surface area contributed by atoms with E-state index < -0.39 is 84.0 Å². The number of primary amides is 1. The number of amides is 3. The number of nitrogens with two attached hydrogens (primary N) is 1. The molecule has 1 aromatic heterocycles. The molecule has 0 radical (unpaired) electrons. The van der Waals surface area contributed by atoms with E-state index in [2.05, 4.69) is 22.5 Å². The predicted octanol–water partition coefficient (Wildman–Crippen LogP) is -0.0192. The van der Waals surface area contributed by atoms with Crippen LogP contribution in [-0.2, 0) is 38.1 Å². The van der Waals surface area contributed by atoms with Gasteiger partial charge in [0.2, 0.25) is 18.1 Å². The van der Waals surface area contributed by atoms with E-state index in [0.717, 1.165) is 42.4 Å². The van der Waals surface area contributed by atoms with Crippen LogP contribution in [0.2, 0.25) is 0 Å². The van der Waals surface area contributed by atoms with Crippen LogP contribution in [0.25, 0.3) is 0 Å². The van der Waals surface area contributed by atoms with Gasteiger partial charge in [-0.2, -0.15) is 0 Å². The maximum atomic E-state index is 13.2. The number of aliphatic hydroxyl groups is 2. The number of aromatic amines is 1. The SMILES string of the molecule is CCCCCCCCCCO[C@@H]1[C@H](OC)[C@@H]([C@@H](O[C@H]2OC(C(=O)NC3CCC[C@@H](C)NC3=O)=C[C@H](O)[C@@H]2O)C(N)=O)O[C@H]1n1ccc(=O)[nH]c1=O. The molecule has 0 saturated carbocycles. The second-order valence-electron chi connectivity index (χ2n) is 13.3. The van der Waals surface area contributed by atoms with Crippen LogP contribution in [0.3, 0.4) is 0 Å². The first kappa shape index (κ1) is 40.2. The van der Waals surface area contributed by atoms with Crippen molar-refractivity contribution in [1.82, 2.24) is 20.2 Å². The fourth-order valence-corrected chi connectivity index (χ4v) is 6.54. The largest absolute Gasteiger partial charge is 0.456 e. The Labute approximate surface area is 296 Å². The molecule has 4 rings (SSSR count). The van der Waals surface area contributed by atoms with E-state index in [0.29, 0.717) is 19.3 Å². The number of aliphatic hydroxyl groups excluding tert-OH is 2. The summed E-state index contributed by atoms with van der Waals surface area (Å²) in [4.78, 5) is 65.5. The van der Waals surface area contributed by atoms with E-state index in [9.17, 15) is 34.2 Å². The maximum absolute atomic E-state index is 13.2. The second-order valence-corrected chi connectivity index (χ2v) is 13.3. The molecule has 2 saturated heterocycles. The molecule has 0 spiro atoms. The number of ether oxygens (including phenoxy) is 5. The fraction of sp³-hybridized carbons (Fsp3) is 0.735. The zero-order valence-corrected chi connectivity index (χ0v) is 29.5. The summed E-state index contributed by atoms with van der Waals surface area (Å²) in [7, 11) is 1.34. The van der Waals surface area contributed by atoms with Crippen molar-refractivity contribution in [3.05, 3.63) is 44.9 Å². The molecule has 17 nitrogen and oxygen atoms in total. The van der Waals surface area contributed by atoms with Gasteiger partial charge in [-0.1, -0.05) is 51.9 Å². The molecule has 4 heterocycles. The van der Waals surface area contributed by atoms with Crippen LogP contribution in [0.5, 0.6) is 0 Å². The quantitative estimate of drug-likeness (QED) is 0.110. The van der Waals surface area contributed by atoms with E-state index in [-0.39, 0.29) is 18.6 Å². The van der Waals surface area contributed by atoms with Gasteiger partial charge in [0.1, 0.15) is 36.6 Å². The standard InChI is InChI=1S/C34H53N5O12/c1-4-5-6-7-8-9-10-11-17-48-28-25(47-3)26(50-32(28)39-16-15-23(41)38-34(39)46)27(29(35)43)51-33-24(42)21(40)18-22(49-33)31(45)37-20-14-12-13-19(2)36-30(20)44/h15-16,18-21,24-28,32-33,40,42H,4-14,17H2,1-3H3,(H2,35,43)(H,36,44)(H,37,45)(H,38,41,46)/t19-,20?,21+,24+,25-,26+,27-,28-,32-,33-/m1/s1. The highest BCUT2D eigenvalue weighted by Crippen LogP contribution is 2.36. The normalized spacial score (nSPS) is 30.1. The van der Waals surface area contributed by atoms with Gasteiger partial charge in [0, 0.05) is 32.0 Å². The molecule has 0 aliphatic carbocycles. The maximum Gasteiger partial charge on any atom is 0.330 e. The molecule has 3 amide bonds. The molecule has 1 unspecified atom stereocenters. The highest BCUT2D eigenvalue weighted by atomic mass is 16.7. The Kier molecular flexibility index (Phi) is 15.2.